The molecule has 0 heterocycles. The van der Waals surface area contributed by atoms with Crippen molar-refractivity contribution in [2.75, 3.05) is 21.3 Å². The smallest absolute Gasteiger partial charge is 0.200 e. The second-order valence-electron chi connectivity index (χ2n) is 4.82. The first-order chi connectivity index (χ1) is 10.6. The number of methoxy groups -OCH3 is 3. The molecule has 0 atom stereocenters. The van der Waals surface area contributed by atoms with E-state index in [0.29, 0.717) is 23.7 Å². The van der Waals surface area contributed by atoms with Crippen molar-refractivity contribution in [2.45, 2.75) is 12.8 Å². The molecule has 2 aromatic rings. The number of rotatable bonds is 6. The van der Waals surface area contributed by atoms with Gasteiger partial charge < -0.3 is 24.4 Å². The number of phenols is 2. The van der Waals surface area contributed by atoms with Crippen molar-refractivity contribution in [1.29, 1.82) is 0 Å². The summed E-state index contributed by atoms with van der Waals surface area (Å²) < 4.78 is 15.7. The van der Waals surface area contributed by atoms with Crippen molar-refractivity contribution in [3.63, 3.8) is 0 Å². The lowest BCUT2D eigenvalue weighted by Gasteiger charge is -2.12. The molecule has 0 aliphatic heterocycles. The summed E-state index contributed by atoms with van der Waals surface area (Å²) in [6.07, 6.45) is 1.40. The lowest BCUT2D eigenvalue weighted by Crippen LogP contribution is -1.97. The number of aryl methyl sites for hydroxylation is 2. The first-order valence-electron chi connectivity index (χ1n) is 6.89. The third-order valence-electron chi connectivity index (χ3n) is 3.53. The van der Waals surface area contributed by atoms with Gasteiger partial charge in [-0.2, -0.15) is 0 Å². The van der Waals surface area contributed by atoms with E-state index in [4.69, 9.17) is 14.2 Å². The topological polar surface area (TPSA) is 68.2 Å². The number of hydrogen-bond acceptors (Lipinski definition) is 5. The highest BCUT2D eigenvalue weighted by Crippen LogP contribution is 2.38. The minimum atomic E-state index is -0.229. The van der Waals surface area contributed by atoms with E-state index in [-0.39, 0.29) is 11.5 Å². The van der Waals surface area contributed by atoms with Crippen molar-refractivity contribution in [3.05, 3.63) is 41.5 Å². The predicted molar refractivity (Wildman–Crippen MR) is 83.3 cm³/mol. The number of phenolic OH excluding ortho intramolecular Hbond substituents is 2. The first-order valence-corrected chi connectivity index (χ1v) is 6.89. The molecule has 0 amide bonds. The molecule has 2 rings (SSSR count). The second kappa shape index (κ2) is 6.93. The van der Waals surface area contributed by atoms with Gasteiger partial charge in [0.1, 0.15) is 0 Å². The van der Waals surface area contributed by atoms with Crippen LogP contribution in [-0.2, 0) is 12.8 Å². The Balaban J connectivity index is 2.18. The molecule has 0 radical (unpaired) electrons. The Morgan fingerprint density at radius 1 is 0.818 bits per heavy atom. The Morgan fingerprint density at radius 3 is 2.18 bits per heavy atom. The summed E-state index contributed by atoms with van der Waals surface area (Å²) in [7, 11) is 4.67. The zero-order chi connectivity index (χ0) is 16.1. The van der Waals surface area contributed by atoms with Crippen LogP contribution in [0.2, 0.25) is 0 Å². The van der Waals surface area contributed by atoms with Crippen LogP contribution in [0.3, 0.4) is 0 Å². The van der Waals surface area contributed by atoms with E-state index in [0.717, 1.165) is 17.5 Å². The number of hydrogen-bond donors (Lipinski definition) is 2. The first kappa shape index (κ1) is 15.8. The summed E-state index contributed by atoms with van der Waals surface area (Å²) in [5, 5.41) is 19.3. The average Bonchev–Trinajstić information content (AvgIpc) is 2.55. The van der Waals surface area contributed by atoms with Crippen LogP contribution >= 0.6 is 0 Å². The zero-order valence-corrected chi connectivity index (χ0v) is 12.9. The summed E-state index contributed by atoms with van der Waals surface area (Å²) in [5.74, 6) is 1.26. The third-order valence-corrected chi connectivity index (χ3v) is 3.53. The second-order valence-corrected chi connectivity index (χ2v) is 4.82. The Bertz CT molecular complexity index is 652. The maximum Gasteiger partial charge on any atom is 0.200 e. The fraction of sp³-hybridized carbons (Fsp3) is 0.294. The Hall–Kier alpha value is -2.56. The third kappa shape index (κ3) is 3.19. The molecule has 0 aliphatic carbocycles. The maximum atomic E-state index is 9.81. The van der Waals surface area contributed by atoms with Crippen LogP contribution in [-0.4, -0.2) is 31.5 Å². The van der Waals surface area contributed by atoms with Gasteiger partial charge in [0, 0.05) is 0 Å². The van der Waals surface area contributed by atoms with Gasteiger partial charge in [-0.1, -0.05) is 12.1 Å². The van der Waals surface area contributed by atoms with Crippen LogP contribution < -0.4 is 14.2 Å². The number of benzene rings is 2. The predicted octanol–water partition coefficient (Wildman–Crippen LogP) is 2.91. The SMILES string of the molecule is COc1ccc(CCc2ccc(O)c(O)c2OC)cc1OC. The number of ether oxygens (including phenoxy) is 3. The van der Waals surface area contributed by atoms with Crippen LogP contribution in [0.4, 0.5) is 0 Å². The van der Waals surface area contributed by atoms with Crippen LogP contribution in [0.15, 0.2) is 30.3 Å². The Kier molecular flexibility index (Phi) is 4.99. The molecule has 5 heteroatoms. The highest BCUT2D eigenvalue weighted by atomic mass is 16.5. The summed E-state index contributed by atoms with van der Waals surface area (Å²) in [5.41, 5.74) is 1.90. The molecule has 2 N–H and O–H groups in total. The van der Waals surface area contributed by atoms with E-state index in [1.54, 1.807) is 20.3 Å². The maximum absolute atomic E-state index is 9.81. The van der Waals surface area contributed by atoms with E-state index in [9.17, 15) is 10.2 Å². The van der Waals surface area contributed by atoms with Gasteiger partial charge in [0.15, 0.2) is 23.0 Å². The fourth-order valence-electron chi connectivity index (χ4n) is 2.34. The van der Waals surface area contributed by atoms with E-state index in [1.807, 2.05) is 18.2 Å². The van der Waals surface area contributed by atoms with Crippen molar-refractivity contribution >= 4 is 0 Å². The van der Waals surface area contributed by atoms with Crippen molar-refractivity contribution in [2.24, 2.45) is 0 Å². The normalized spacial score (nSPS) is 10.3. The summed E-state index contributed by atoms with van der Waals surface area (Å²) in [6.45, 7) is 0. The minimum absolute atomic E-state index is 0.188. The van der Waals surface area contributed by atoms with Crippen LogP contribution in [0.5, 0.6) is 28.7 Å². The standard InChI is InChI=1S/C17H20O5/c1-20-14-9-5-11(10-15(14)21-2)4-6-12-7-8-13(18)16(19)17(12)22-3/h5,7-10,18-19H,4,6H2,1-3H3. The average molecular weight is 304 g/mol. The largest absolute Gasteiger partial charge is 0.504 e. The molecule has 0 unspecified atom stereocenters. The molecule has 0 fully saturated rings. The van der Waals surface area contributed by atoms with Gasteiger partial charge >= 0.3 is 0 Å². The van der Waals surface area contributed by atoms with Crippen LogP contribution in [0.1, 0.15) is 11.1 Å². The van der Waals surface area contributed by atoms with E-state index >= 15 is 0 Å². The minimum Gasteiger partial charge on any atom is -0.504 e. The molecule has 0 spiro atoms. The molecule has 118 valence electrons. The van der Waals surface area contributed by atoms with Crippen LogP contribution in [0, 0.1) is 0 Å². The van der Waals surface area contributed by atoms with Gasteiger partial charge in [0.2, 0.25) is 5.75 Å². The molecule has 0 bridgehead atoms. The molecule has 5 nitrogen and oxygen atoms in total. The van der Waals surface area contributed by atoms with Gasteiger partial charge in [-0.15, -0.1) is 0 Å². The van der Waals surface area contributed by atoms with E-state index in [1.165, 1.54) is 13.2 Å². The lowest BCUT2D eigenvalue weighted by atomic mass is 10.0. The quantitative estimate of drug-likeness (QED) is 0.803. The van der Waals surface area contributed by atoms with Gasteiger partial charge in [0.05, 0.1) is 21.3 Å². The lowest BCUT2D eigenvalue weighted by molar-refractivity contribution is 0.347. The summed E-state index contributed by atoms with van der Waals surface area (Å²) in [6, 6.07) is 8.95. The van der Waals surface area contributed by atoms with Crippen molar-refractivity contribution < 1.29 is 24.4 Å². The summed E-state index contributed by atoms with van der Waals surface area (Å²) >= 11 is 0. The monoisotopic (exact) mass is 304 g/mol. The highest BCUT2D eigenvalue weighted by Gasteiger charge is 2.13. The molecule has 0 aliphatic rings. The molecule has 0 aromatic heterocycles. The molecular weight excluding hydrogens is 284 g/mol. The van der Waals surface area contributed by atoms with Crippen LogP contribution in [0.25, 0.3) is 0 Å². The van der Waals surface area contributed by atoms with Gasteiger partial charge in [-0.25, -0.2) is 0 Å². The molecule has 22 heavy (non-hydrogen) atoms. The molecule has 0 saturated heterocycles. The Labute approximate surface area is 129 Å². The molecule has 0 saturated carbocycles. The van der Waals surface area contributed by atoms with Gasteiger partial charge in [-0.05, 0) is 42.2 Å². The van der Waals surface area contributed by atoms with Crippen molar-refractivity contribution in [3.8, 4) is 28.7 Å². The van der Waals surface area contributed by atoms with Gasteiger partial charge in [0.25, 0.3) is 0 Å². The van der Waals surface area contributed by atoms with E-state index in [2.05, 4.69) is 0 Å². The summed E-state index contributed by atoms with van der Waals surface area (Å²) in [4.78, 5) is 0. The molecular formula is C17H20O5. The molecule has 2 aromatic carbocycles. The number of aromatic hydroxyl groups is 2. The zero-order valence-electron chi connectivity index (χ0n) is 12.9. The van der Waals surface area contributed by atoms with Gasteiger partial charge in [-0.3, -0.25) is 0 Å². The van der Waals surface area contributed by atoms with Crippen molar-refractivity contribution in [1.82, 2.24) is 0 Å². The van der Waals surface area contributed by atoms with E-state index < -0.39 is 0 Å². The fourth-order valence-corrected chi connectivity index (χ4v) is 2.34. The Morgan fingerprint density at radius 2 is 1.55 bits per heavy atom. The highest BCUT2D eigenvalue weighted by molar-refractivity contribution is 5.54.